The number of carbonyl (C=O) groups is 2. The quantitative estimate of drug-likeness (QED) is 0.472. The van der Waals surface area contributed by atoms with Crippen LogP contribution in [0.4, 0.5) is 0 Å². The first kappa shape index (κ1) is 21.6. The van der Waals surface area contributed by atoms with Crippen LogP contribution in [0.5, 0.6) is 0 Å². The summed E-state index contributed by atoms with van der Waals surface area (Å²) in [6.07, 6.45) is 2.63. The third kappa shape index (κ3) is 4.91. The first-order valence-electron chi connectivity index (χ1n) is 11.4. The third-order valence-electron chi connectivity index (χ3n) is 6.04. The Kier molecular flexibility index (Phi) is 6.21. The van der Waals surface area contributed by atoms with E-state index in [0.29, 0.717) is 37.6 Å². The Morgan fingerprint density at radius 2 is 1.62 bits per heavy atom. The lowest BCUT2D eigenvalue weighted by Crippen LogP contribution is -2.36. The first-order valence-corrected chi connectivity index (χ1v) is 11.4. The fourth-order valence-corrected chi connectivity index (χ4v) is 4.15. The Balaban J connectivity index is 1.18. The summed E-state index contributed by atoms with van der Waals surface area (Å²) >= 11 is 0. The molecule has 1 aromatic heterocycles. The van der Waals surface area contributed by atoms with E-state index >= 15 is 0 Å². The number of fused-ring (bicyclic) bond motifs is 1. The number of carbonyl (C=O) groups excluding carboxylic acids is 2. The highest BCUT2D eigenvalue weighted by atomic mass is 16.3. The number of benzene rings is 3. The van der Waals surface area contributed by atoms with Crippen molar-refractivity contribution in [2.75, 3.05) is 6.54 Å². The van der Waals surface area contributed by atoms with E-state index in [0.717, 1.165) is 23.1 Å². The molecule has 0 bridgehead atoms. The van der Waals surface area contributed by atoms with Crippen LogP contribution in [0, 0.1) is 0 Å². The Bertz CT molecular complexity index is 1300. The molecule has 0 unspecified atom stereocenters. The molecule has 1 N–H and O–H groups in total. The van der Waals surface area contributed by atoms with Gasteiger partial charge in [0.1, 0.15) is 6.26 Å². The highest BCUT2D eigenvalue weighted by Crippen LogP contribution is 2.23. The summed E-state index contributed by atoms with van der Waals surface area (Å²) in [5.41, 5.74) is 5.52. The lowest BCUT2D eigenvalue weighted by molar-refractivity contribution is -0.120. The lowest BCUT2D eigenvalue weighted by Gasteiger charge is -2.28. The molecule has 0 spiro atoms. The van der Waals surface area contributed by atoms with E-state index in [2.05, 4.69) is 22.4 Å². The summed E-state index contributed by atoms with van der Waals surface area (Å²) in [7, 11) is 0. The zero-order valence-electron chi connectivity index (χ0n) is 18.7. The van der Waals surface area contributed by atoms with Crippen LogP contribution >= 0.6 is 0 Å². The van der Waals surface area contributed by atoms with Crippen molar-refractivity contribution < 1.29 is 14.0 Å². The molecule has 3 aromatic carbocycles. The standard InChI is InChI=1S/C28H25N3O3/c32-26(16-20-6-2-1-3-7-20)29-17-21-10-12-23(13-11-21)27-30-25(19-34-27)28(33)31-15-14-22-8-4-5-9-24(22)18-31/h1-13,19H,14-18H2,(H,29,32). The molecular formula is C28H25N3O3. The molecule has 34 heavy (non-hydrogen) atoms. The molecular weight excluding hydrogens is 426 g/mol. The molecule has 6 nitrogen and oxygen atoms in total. The van der Waals surface area contributed by atoms with Crippen molar-refractivity contribution in [2.45, 2.75) is 25.9 Å². The molecule has 2 heterocycles. The van der Waals surface area contributed by atoms with Crippen LogP contribution < -0.4 is 5.32 Å². The zero-order valence-corrected chi connectivity index (χ0v) is 18.7. The van der Waals surface area contributed by atoms with Crippen LogP contribution in [0.1, 0.15) is 32.7 Å². The minimum absolute atomic E-state index is 0.0218. The summed E-state index contributed by atoms with van der Waals surface area (Å²) in [4.78, 5) is 31.4. The SMILES string of the molecule is O=C(Cc1ccccc1)NCc1ccc(-c2nc(C(=O)N3CCc4ccccc4C3)co2)cc1. The van der Waals surface area contributed by atoms with Crippen molar-refractivity contribution in [3.8, 4) is 11.5 Å². The Morgan fingerprint density at radius 3 is 2.41 bits per heavy atom. The van der Waals surface area contributed by atoms with Crippen molar-refractivity contribution in [2.24, 2.45) is 0 Å². The Morgan fingerprint density at radius 1 is 0.882 bits per heavy atom. The molecule has 1 aliphatic rings. The van der Waals surface area contributed by atoms with Gasteiger partial charge in [0.15, 0.2) is 5.69 Å². The molecule has 4 aromatic rings. The molecule has 0 aliphatic carbocycles. The molecule has 0 saturated carbocycles. The summed E-state index contributed by atoms with van der Waals surface area (Å²) in [5.74, 6) is 0.258. The third-order valence-corrected chi connectivity index (χ3v) is 6.04. The van der Waals surface area contributed by atoms with Crippen molar-refractivity contribution in [3.63, 3.8) is 0 Å². The van der Waals surface area contributed by atoms with Gasteiger partial charge in [0.2, 0.25) is 11.8 Å². The van der Waals surface area contributed by atoms with Gasteiger partial charge in [-0.3, -0.25) is 9.59 Å². The maximum atomic E-state index is 13.0. The highest BCUT2D eigenvalue weighted by Gasteiger charge is 2.24. The maximum absolute atomic E-state index is 13.0. The number of nitrogens with one attached hydrogen (secondary N) is 1. The monoisotopic (exact) mass is 451 g/mol. The molecule has 170 valence electrons. The van der Waals surface area contributed by atoms with Crippen LogP contribution in [0.3, 0.4) is 0 Å². The lowest BCUT2D eigenvalue weighted by atomic mass is 10.00. The molecule has 0 radical (unpaired) electrons. The molecule has 6 heteroatoms. The highest BCUT2D eigenvalue weighted by molar-refractivity contribution is 5.92. The van der Waals surface area contributed by atoms with E-state index < -0.39 is 0 Å². The van der Waals surface area contributed by atoms with E-state index in [1.807, 2.05) is 71.6 Å². The van der Waals surface area contributed by atoms with Gasteiger partial charge in [-0.05, 0) is 40.8 Å². The average molecular weight is 452 g/mol. The molecule has 5 rings (SSSR count). The second kappa shape index (κ2) is 9.75. The Hall–Kier alpha value is -4.19. The smallest absolute Gasteiger partial charge is 0.276 e. The second-order valence-corrected chi connectivity index (χ2v) is 8.42. The van der Waals surface area contributed by atoms with Crippen molar-refractivity contribution >= 4 is 11.8 Å². The number of hydrogen-bond donors (Lipinski definition) is 1. The number of nitrogens with zero attached hydrogens (tertiary/aromatic N) is 2. The summed E-state index contributed by atoms with van der Waals surface area (Å²) < 4.78 is 5.61. The second-order valence-electron chi connectivity index (χ2n) is 8.42. The van der Waals surface area contributed by atoms with Crippen LogP contribution in [-0.4, -0.2) is 28.2 Å². The van der Waals surface area contributed by atoms with Gasteiger partial charge < -0.3 is 14.6 Å². The minimum Gasteiger partial charge on any atom is -0.444 e. The number of hydrogen-bond acceptors (Lipinski definition) is 4. The maximum Gasteiger partial charge on any atom is 0.276 e. The van der Waals surface area contributed by atoms with Gasteiger partial charge in [-0.1, -0.05) is 66.7 Å². The Labute approximate surface area is 198 Å². The first-order chi connectivity index (χ1) is 16.7. The zero-order chi connectivity index (χ0) is 23.3. The number of aromatic nitrogens is 1. The molecule has 0 atom stereocenters. The van der Waals surface area contributed by atoms with Crippen LogP contribution in [0.15, 0.2) is 89.5 Å². The minimum atomic E-state index is -0.123. The number of rotatable bonds is 6. The van der Waals surface area contributed by atoms with E-state index in [1.54, 1.807) is 0 Å². The summed E-state index contributed by atoms with van der Waals surface area (Å²) in [6, 6.07) is 25.5. The number of oxazole rings is 1. The van der Waals surface area contributed by atoms with Crippen LogP contribution in [0.2, 0.25) is 0 Å². The van der Waals surface area contributed by atoms with E-state index in [9.17, 15) is 9.59 Å². The van der Waals surface area contributed by atoms with Crippen molar-refractivity contribution in [3.05, 3.63) is 113 Å². The predicted octanol–water partition coefficient (Wildman–Crippen LogP) is 4.40. The van der Waals surface area contributed by atoms with Gasteiger partial charge in [-0.2, -0.15) is 0 Å². The van der Waals surface area contributed by atoms with Gasteiger partial charge in [-0.15, -0.1) is 0 Å². The van der Waals surface area contributed by atoms with Crippen LogP contribution in [0.25, 0.3) is 11.5 Å². The van der Waals surface area contributed by atoms with Crippen molar-refractivity contribution in [1.82, 2.24) is 15.2 Å². The van der Waals surface area contributed by atoms with Crippen molar-refractivity contribution in [1.29, 1.82) is 0 Å². The van der Waals surface area contributed by atoms with Gasteiger partial charge in [0, 0.05) is 25.2 Å². The predicted molar refractivity (Wildman–Crippen MR) is 129 cm³/mol. The van der Waals surface area contributed by atoms with E-state index in [-0.39, 0.29) is 11.8 Å². The fourth-order valence-electron chi connectivity index (χ4n) is 4.15. The average Bonchev–Trinajstić information content (AvgIpc) is 3.38. The summed E-state index contributed by atoms with van der Waals surface area (Å²) in [6.45, 7) is 1.70. The largest absolute Gasteiger partial charge is 0.444 e. The van der Waals surface area contributed by atoms with E-state index in [4.69, 9.17) is 4.42 Å². The molecule has 2 amide bonds. The normalized spacial score (nSPS) is 12.8. The molecule has 0 fully saturated rings. The topological polar surface area (TPSA) is 75.4 Å². The van der Waals surface area contributed by atoms with E-state index in [1.165, 1.54) is 17.4 Å². The van der Waals surface area contributed by atoms with Gasteiger partial charge >= 0.3 is 0 Å². The summed E-state index contributed by atoms with van der Waals surface area (Å²) in [5, 5.41) is 2.94. The molecule has 1 aliphatic heterocycles. The number of amides is 2. The van der Waals surface area contributed by atoms with Crippen LogP contribution in [-0.2, 0) is 30.7 Å². The fraction of sp³-hybridized carbons (Fsp3) is 0.179. The van der Waals surface area contributed by atoms with Gasteiger partial charge in [-0.25, -0.2) is 4.98 Å². The van der Waals surface area contributed by atoms with Gasteiger partial charge in [0.25, 0.3) is 5.91 Å². The molecule has 0 saturated heterocycles. The van der Waals surface area contributed by atoms with Gasteiger partial charge in [0.05, 0.1) is 6.42 Å².